The van der Waals surface area contributed by atoms with Crippen LogP contribution in [0.1, 0.15) is 41.3 Å². The highest BCUT2D eigenvalue weighted by Gasteiger charge is 2.21. The van der Waals surface area contributed by atoms with E-state index in [1.807, 2.05) is 27.0 Å². The van der Waals surface area contributed by atoms with Gasteiger partial charge in [-0.25, -0.2) is 9.37 Å². The van der Waals surface area contributed by atoms with Gasteiger partial charge in [0.05, 0.1) is 11.7 Å². The number of amides is 1. The summed E-state index contributed by atoms with van der Waals surface area (Å²) in [6, 6.07) is 8.20. The Hall–Kier alpha value is -2.12. The Morgan fingerprint density at radius 3 is 2.93 bits per heavy atom. The van der Waals surface area contributed by atoms with Crippen molar-refractivity contribution in [3.05, 3.63) is 52.8 Å². The average molecular weight is 418 g/mol. The summed E-state index contributed by atoms with van der Waals surface area (Å²) in [5.74, 6) is 1.16. The maximum absolute atomic E-state index is 13.4. The van der Waals surface area contributed by atoms with Crippen molar-refractivity contribution in [3.63, 3.8) is 0 Å². The molecule has 2 heterocycles. The molecule has 3 rings (SSSR count). The van der Waals surface area contributed by atoms with Crippen LogP contribution in [-0.4, -0.2) is 42.9 Å². The molecule has 1 aromatic heterocycles. The summed E-state index contributed by atoms with van der Waals surface area (Å²) in [6.45, 7) is 5.85. The van der Waals surface area contributed by atoms with E-state index in [2.05, 4.69) is 10.2 Å². The molecule has 156 valence electrons. The Balaban J connectivity index is 1.76. The van der Waals surface area contributed by atoms with Gasteiger partial charge in [-0.3, -0.25) is 4.79 Å². The van der Waals surface area contributed by atoms with E-state index in [0.29, 0.717) is 5.56 Å². The Morgan fingerprint density at radius 2 is 2.24 bits per heavy atom. The van der Waals surface area contributed by atoms with Crippen molar-refractivity contribution in [2.75, 3.05) is 30.9 Å². The van der Waals surface area contributed by atoms with Crippen LogP contribution in [0, 0.1) is 12.7 Å². The topological polar surface area (TPSA) is 54.5 Å². The number of ether oxygens (including phenoxy) is 1. The van der Waals surface area contributed by atoms with E-state index >= 15 is 0 Å². The number of likely N-dealkylation sites (N-methyl/N-ethyl adjacent to an activating group) is 1. The predicted molar refractivity (Wildman–Crippen MR) is 115 cm³/mol. The summed E-state index contributed by atoms with van der Waals surface area (Å²) in [4.78, 5) is 19.7. The molecule has 1 saturated heterocycles. The lowest BCUT2D eigenvalue weighted by Crippen LogP contribution is -2.30. The number of nitrogens with one attached hydrogen (secondary N) is 1. The highest BCUT2D eigenvalue weighted by Crippen LogP contribution is 2.28. The number of halogens is 1. The molecule has 0 bridgehead atoms. The normalized spacial score (nSPS) is 16.1. The SMILES string of the molecule is CCSc1nc(N(C)CC2CCCO2)cc(C)c1C(=O)NCc1cccc(F)c1. The number of hydrogen-bond acceptors (Lipinski definition) is 5. The third-order valence-corrected chi connectivity index (χ3v) is 5.77. The maximum Gasteiger partial charge on any atom is 0.254 e. The fourth-order valence-corrected chi connectivity index (χ4v) is 4.27. The quantitative estimate of drug-likeness (QED) is 0.653. The number of carbonyl (C=O) groups is 1. The summed E-state index contributed by atoms with van der Waals surface area (Å²) < 4.78 is 19.1. The van der Waals surface area contributed by atoms with Gasteiger partial charge in [-0.1, -0.05) is 19.1 Å². The molecule has 1 amide bonds. The molecule has 0 aliphatic carbocycles. The fraction of sp³-hybridized carbons (Fsp3) is 0.455. The summed E-state index contributed by atoms with van der Waals surface area (Å²) in [5, 5.41) is 3.62. The van der Waals surface area contributed by atoms with Crippen molar-refractivity contribution in [3.8, 4) is 0 Å². The van der Waals surface area contributed by atoms with E-state index in [0.717, 1.165) is 53.7 Å². The van der Waals surface area contributed by atoms with E-state index < -0.39 is 0 Å². The monoisotopic (exact) mass is 417 g/mol. The lowest BCUT2D eigenvalue weighted by molar-refractivity contribution is 0.0946. The second-order valence-corrected chi connectivity index (χ2v) is 8.49. The zero-order chi connectivity index (χ0) is 20.8. The average Bonchev–Trinajstić information content (AvgIpc) is 3.19. The van der Waals surface area contributed by atoms with Crippen LogP contribution in [0.4, 0.5) is 10.2 Å². The Morgan fingerprint density at radius 1 is 1.41 bits per heavy atom. The van der Waals surface area contributed by atoms with E-state index in [1.54, 1.807) is 23.9 Å². The number of anilines is 1. The third kappa shape index (κ3) is 5.70. The molecule has 1 fully saturated rings. The van der Waals surface area contributed by atoms with Gasteiger partial charge in [0.1, 0.15) is 16.7 Å². The van der Waals surface area contributed by atoms with Gasteiger partial charge in [-0.15, -0.1) is 11.8 Å². The Labute approximate surface area is 176 Å². The maximum atomic E-state index is 13.4. The van der Waals surface area contributed by atoms with E-state index in [9.17, 15) is 9.18 Å². The van der Waals surface area contributed by atoms with Gasteiger partial charge in [0, 0.05) is 26.7 Å². The van der Waals surface area contributed by atoms with Crippen LogP contribution in [0.5, 0.6) is 0 Å². The first-order valence-corrected chi connectivity index (χ1v) is 11.0. The molecule has 1 aliphatic heterocycles. The minimum Gasteiger partial charge on any atom is -0.376 e. The van der Waals surface area contributed by atoms with Crippen molar-refractivity contribution in [1.29, 1.82) is 0 Å². The number of pyridine rings is 1. The molecule has 7 heteroatoms. The molecule has 1 aliphatic rings. The molecule has 29 heavy (non-hydrogen) atoms. The van der Waals surface area contributed by atoms with Crippen LogP contribution < -0.4 is 10.2 Å². The molecule has 0 radical (unpaired) electrons. The van der Waals surface area contributed by atoms with Gasteiger partial charge in [-0.2, -0.15) is 0 Å². The largest absolute Gasteiger partial charge is 0.376 e. The smallest absolute Gasteiger partial charge is 0.254 e. The van der Waals surface area contributed by atoms with Crippen molar-refractivity contribution in [2.24, 2.45) is 0 Å². The van der Waals surface area contributed by atoms with Crippen molar-refractivity contribution in [1.82, 2.24) is 10.3 Å². The van der Waals surface area contributed by atoms with Crippen molar-refractivity contribution >= 4 is 23.5 Å². The van der Waals surface area contributed by atoms with Gasteiger partial charge in [0.15, 0.2) is 0 Å². The number of rotatable bonds is 8. The van der Waals surface area contributed by atoms with Crippen LogP contribution in [0.3, 0.4) is 0 Å². The van der Waals surface area contributed by atoms with E-state index in [4.69, 9.17) is 9.72 Å². The number of hydrogen-bond donors (Lipinski definition) is 1. The number of aromatic nitrogens is 1. The number of thioether (sulfide) groups is 1. The molecule has 1 N–H and O–H groups in total. The first-order chi connectivity index (χ1) is 14.0. The zero-order valence-electron chi connectivity index (χ0n) is 17.2. The van der Waals surface area contributed by atoms with Crippen molar-refractivity contribution in [2.45, 2.75) is 44.4 Å². The Kier molecular flexibility index (Phi) is 7.50. The van der Waals surface area contributed by atoms with Crippen LogP contribution in [-0.2, 0) is 11.3 Å². The van der Waals surface area contributed by atoms with Crippen LogP contribution >= 0.6 is 11.8 Å². The standard InChI is InChI=1S/C22H28FN3O2S/c1-4-29-22-20(21(27)24-13-16-7-5-8-17(23)12-16)15(2)11-19(25-22)26(3)14-18-9-6-10-28-18/h5,7-8,11-12,18H,4,6,9-10,13-14H2,1-3H3,(H,24,27). The molecule has 0 saturated carbocycles. The summed E-state index contributed by atoms with van der Waals surface area (Å²) >= 11 is 1.55. The number of nitrogens with zero attached hydrogens (tertiary/aromatic N) is 2. The number of carbonyl (C=O) groups excluding carboxylic acids is 1. The van der Waals surface area contributed by atoms with Gasteiger partial charge < -0.3 is 15.0 Å². The van der Waals surface area contributed by atoms with Crippen LogP contribution in [0.2, 0.25) is 0 Å². The molecule has 0 spiro atoms. The molecule has 1 atom stereocenters. The van der Waals surface area contributed by atoms with E-state index in [-0.39, 0.29) is 24.4 Å². The molecule has 1 aromatic carbocycles. The molecule has 5 nitrogen and oxygen atoms in total. The third-order valence-electron chi connectivity index (χ3n) is 4.91. The summed E-state index contributed by atoms with van der Waals surface area (Å²) in [7, 11) is 2.01. The van der Waals surface area contributed by atoms with Gasteiger partial charge in [0.2, 0.25) is 0 Å². The summed E-state index contributed by atoms with van der Waals surface area (Å²) in [5.41, 5.74) is 2.19. The first-order valence-electron chi connectivity index (χ1n) is 9.97. The zero-order valence-corrected chi connectivity index (χ0v) is 18.0. The van der Waals surface area contributed by atoms with E-state index in [1.165, 1.54) is 12.1 Å². The molecule has 1 unspecified atom stereocenters. The molecular weight excluding hydrogens is 389 g/mol. The lowest BCUT2D eigenvalue weighted by atomic mass is 10.1. The predicted octanol–water partition coefficient (Wildman–Crippen LogP) is 4.19. The number of aryl methyl sites for hydroxylation is 1. The second kappa shape index (κ2) is 10.1. The number of benzene rings is 1. The Bertz CT molecular complexity index is 856. The molecule has 2 aromatic rings. The van der Waals surface area contributed by atoms with Crippen molar-refractivity contribution < 1.29 is 13.9 Å². The fourth-order valence-electron chi connectivity index (χ4n) is 3.44. The van der Waals surface area contributed by atoms with Crippen LogP contribution in [0.25, 0.3) is 0 Å². The van der Waals surface area contributed by atoms with Gasteiger partial charge in [-0.05, 0) is 54.8 Å². The lowest BCUT2D eigenvalue weighted by Gasteiger charge is -2.23. The van der Waals surface area contributed by atoms with Gasteiger partial charge in [0.25, 0.3) is 5.91 Å². The van der Waals surface area contributed by atoms with Gasteiger partial charge >= 0.3 is 0 Å². The minimum absolute atomic E-state index is 0.191. The summed E-state index contributed by atoms with van der Waals surface area (Å²) in [6.07, 6.45) is 2.41. The highest BCUT2D eigenvalue weighted by molar-refractivity contribution is 7.99. The highest BCUT2D eigenvalue weighted by atomic mass is 32.2. The second-order valence-electron chi connectivity index (χ2n) is 7.24. The minimum atomic E-state index is -0.310. The van der Waals surface area contributed by atoms with Crippen LogP contribution in [0.15, 0.2) is 35.4 Å². The molecular formula is C22H28FN3O2S. The first kappa shape index (κ1) is 21.6.